The van der Waals surface area contributed by atoms with Crippen LogP contribution in [-0.2, 0) is 9.53 Å². The first kappa shape index (κ1) is 9.44. The highest BCUT2D eigenvalue weighted by molar-refractivity contribution is 5.73. The van der Waals surface area contributed by atoms with Crippen LogP contribution in [0.1, 0.15) is 0 Å². The third-order valence-electron chi connectivity index (χ3n) is 1.88. The Morgan fingerprint density at radius 2 is 2.17 bits per heavy atom. The minimum Gasteiger partial charge on any atom is -0.480 e. The molecular formula is C7H14N2O3. The molecule has 0 aromatic carbocycles. The number of aliphatic carboxylic acids is 1. The van der Waals surface area contributed by atoms with Gasteiger partial charge in [0, 0.05) is 19.6 Å². The molecule has 0 radical (unpaired) electrons. The number of carboxylic acids is 1. The lowest BCUT2D eigenvalue weighted by Gasteiger charge is -2.27. The van der Waals surface area contributed by atoms with Crippen molar-refractivity contribution in [1.29, 1.82) is 0 Å². The lowest BCUT2D eigenvalue weighted by atomic mass is 10.3. The van der Waals surface area contributed by atoms with Crippen molar-refractivity contribution < 1.29 is 14.6 Å². The van der Waals surface area contributed by atoms with Gasteiger partial charge >= 0.3 is 5.97 Å². The lowest BCUT2D eigenvalue weighted by Crippen LogP contribution is -2.46. The molecule has 0 bridgehead atoms. The van der Waals surface area contributed by atoms with E-state index in [9.17, 15) is 4.79 Å². The molecular weight excluding hydrogens is 160 g/mol. The number of nitrogens with zero attached hydrogens (tertiary/aromatic N) is 1. The monoisotopic (exact) mass is 174 g/mol. The van der Waals surface area contributed by atoms with Crippen molar-refractivity contribution in [3.8, 4) is 0 Å². The summed E-state index contributed by atoms with van der Waals surface area (Å²) >= 11 is 0. The fourth-order valence-electron chi connectivity index (χ4n) is 1.14. The normalized spacial score (nSPS) is 22.1. The predicted octanol–water partition coefficient (Wildman–Crippen LogP) is -1.27. The summed E-state index contributed by atoms with van der Waals surface area (Å²) in [6.45, 7) is 3.32. The quantitative estimate of drug-likeness (QED) is 0.558. The molecule has 0 aliphatic carbocycles. The summed E-state index contributed by atoms with van der Waals surface area (Å²) in [6.07, 6.45) is 0. The topological polar surface area (TPSA) is 75.8 Å². The Hall–Kier alpha value is -0.650. The number of hydrogen-bond donors (Lipinski definition) is 2. The molecule has 0 unspecified atom stereocenters. The average Bonchev–Trinajstić information content (AvgIpc) is 2.06. The Labute approximate surface area is 71.1 Å². The van der Waals surface area contributed by atoms with Crippen molar-refractivity contribution in [2.45, 2.75) is 6.04 Å². The molecule has 0 aromatic heterocycles. The van der Waals surface area contributed by atoms with Crippen molar-refractivity contribution in [2.75, 3.05) is 32.8 Å². The SMILES string of the molecule is N[C@@H](CN1CCOCC1)C(=O)O. The van der Waals surface area contributed by atoms with Crippen molar-refractivity contribution in [1.82, 2.24) is 4.90 Å². The zero-order valence-electron chi connectivity index (χ0n) is 6.90. The fourth-order valence-corrected chi connectivity index (χ4v) is 1.14. The molecule has 5 nitrogen and oxygen atoms in total. The van der Waals surface area contributed by atoms with Gasteiger partial charge in [-0.3, -0.25) is 9.69 Å². The first-order valence-electron chi connectivity index (χ1n) is 3.98. The highest BCUT2D eigenvalue weighted by Gasteiger charge is 2.17. The molecule has 3 N–H and O–H groups in total. The molecule has 1 atom stereocenters. The third-order valence-corrected chi connectivity index (χ3v) is 1.88. The maximum atomic E-state index is 10.4. The Morgan fingerprint density at radius 1 is 1.58 bits per heavy atom. The van der Waals surface area contributed by atoms with E-state index in [0.717, 1.165) is 13.1 Å². The first-order valence-corrected chi connectivity index (χ1v) is 3.98. The summed E-state index contributed by atoms with van der Waals surface area (Å²) in [5.74, 6) is -0.943. The zero-order chi connectivity index (χ0) is 8.97. The molecule has 12 heavy (non-hydrogen) atoms. The van der Waals surface area contributed by atoms with Crippen LogP contribution >= 0.6 is 0 Å². The van der Waals surface area contributed by atoms with Gasteiger partial charge in [-0.15, -0.1) is 0 Å². The molecule has 1 rings (SSSR count). The lowest BCUT2D eigenvalue weighted by molar-refractivity contribution is -0.139. The van der Waals surface area contributed by atoms with Gasteiger partial charge < -0.3 is 15.6 Å². The maximum Gasteiger partial charge on any atom is 0.321 e. The molecule has 0 amide bonds. The van der Waals surface area contributed by atoms with Crippen LogP contribution in [-0.4, -0.2) is 54.9 Å². The summed E-state index contributed by atoms with van der Waals surface area (Å²) in [6, 6.07) is -0.775. The van der Waals surface area contributed by atoms with E-state index in [-0.39, 0.29) is 0 Å². The molecule has 1 aliphatic heterocycles. The van der Waals surface area contributed by atoms with Crippen LogP contribution in [0.4, 0.5) is 0 Å². The van der Waals surface area contributed by atoms with Crippen molar-refractivity contribution >= 4 is 5.97 Å². The van der Waals surface area contributed by atoms with Crippen LogP contribution in [0.5, 0.6) is 0 Å². The molecule has 5 heteroatoms. The standard InChI is InChI=1S/C7H14N2O3/c8-6(7(10)11)5-9-1-3-12-4-2-9/h6H,1-5,8H2,(H,10,11)/t6-/m0/s1. The summed E-state index contributed by atoms with van der Waals surface area (Å²) in [5.41, 5.74) is 5.37. The van der Waals surface area contributed by atoms with Gasteiger partial charge in [-0.05, 0) is 0 Å². The molecule has 0 spiro atoms. The van der Waals surface area contributed by atoms with Gasteiger partial charge in [0.15, 0.2) is 0 Å². The Balaban J connectivity index is 2.24. The fraction of sp³-hybridized carbons (Fsp3) is 0.857. The molecule has 1 heterocycles. The van der Waals surface area contributed by atoms with E-state index >= 15 is 0 Å². The Kier molecular flexibility index (Phi) is 3.46. The number of nitrogens with two attached hydrogens (primary N) is 1. The van der Waals surface area contributed by atoms with Crippen molar-refractivity contribution in [3.05, 3.63) is 0 Å². The second-order valence-electron chi connectivity index (χ2n) is 2.86. The summed E-state index contributed by atoms with van der Waals surface area (Å²) in [4.78, 5) is 12.4. The van der Waals surface area contributed by atoms with E-state index in [0.29, 0.717) is 19.8 Å². The highest BCUT2D eigenvalue weighted by Crippen LogP contribution is 1.97. The van der Waals surface area contributed by atoms with Crippen LogP contribution in [0, 0.1) is 0 Å². The molecule has 1 fully saturated rings. The van der Waals surface area contributed by atoms with E-state index in [4.69, 9.17) is 15.6 Å². The molecule has 70 valence electrons. The van der Waals surface area contributed by atoms with E-state index < -0.39 is 12.0 Å². The van der Waals surface area contributed by atoms with Gasteiger partial charge in [-0.2, -0.15) is 0 Å². The van der Waals surface area contributed by atoms with Crippen molar-refractivity contribution in [3.63, 3.8) is 0 Å². The Morgan fingerprint density at radius 3 is 2.67 bits per heavy atom. The van der Waals surface area contributed by atoms with Crippen LogP contribution in [0.25, 0.3) is 0 Å². The number of hydrogen-bond acceptors (Lipinski definition) is 4. The number of ether oxygens (including phenoxy) is 1. The van der Waals surface area contributed by atoms with Gasteiger partial charge in [0.1, 0.15) is 6.04 Å². The van der Waals surface area contributed by atoms with Crippen LogP contribution in [0.3, 0.4) is 0 Å². The van der Waals surface area contributed by atoms with Gasteiger partial charge in [0.05, 0.1) is 13.2 Å². The summed E-state index contributed by atoms with van der Waals surface area (Å²) in [5, 5.41) is 8.53. The highest BCUT2D eigenvalue weighted by atomic mass is 16.5. The van der Waals surface area contributed by atoms with E-state index in [1.165, 1.54) is 0 Å². The number of morpholine rings is 1. The molecule has 0 aromatic rings. The van der Waals surface area contributed by atoms with Gasteiger partial charge in [0.2, 0.25) is 0 Å². The predicted molar refractivity (Wildman–Crippen MR) is 42.9 cm³/mol. The number of rotatable bonds is 3. The minimum absolute atomic E-state index is 0.415. The summed E-state index contributed by atoms with van der Waals surface area (Å²) in [7, 11) is 0. The second-order valence-corrected chi connectivity index (χ2v) is 2.86. The number of carbonyl (C=O) groups is 1. The second kappa shape index (κ2) is 4.39. The van der Waals surface area contributed by atoms with E-state index in [2.05, 4.69) is 0 Å². The molecule has 1 aliphatic rings. The number of carboxylic acid groups (broad SMARTS) is 1. The van der Waals surface area contributed by atoms with Crippen LogP contribution in [0.2, 0.25) is 0 Å². The largest absolute Gasteiger partial charge is 0.480 e. The Bertz CT molecular complexity index is 157. The van der Waals surface area contributed by atoms with Crippen LogP contribution < -0.4 is 5.73 Å². The maximum absolute atomic E-state index is 10.4. The summed E-state index contributed by atoms with van der Waals surface area (Å²) < 4.78 is 5.11. The third kappa shape index (κ3) is 2.77. The molecule has 1 saturated heterocycles. The van der Waals surface area contributed by atoms with Gasteiger partial charge in [0.25, 0.3) is 0 Å². The first-order chi connectivity index (χ1) is 5.70. The minimum atomic E-state index is -0.943. The molecule has 0 saturated carbocycles. The van der Waals surface area contributed by atoms with Crippen molar-refractivity contribution in [2.24, 2.45) is 5.73 Å². The smallest absolute Gasteiger partial charge is 0.321 e. The van der Waals surface area contributed by atoms with Gasteiger partial charge in [-0.1, -0.05) is 0 Å². The zero-order valence-corrected chi connectivity index (χ0v) is 6.90. The van der Waals surface area contributed by atoms with E-state index in [1.54, 1.807) is 0 Å². The average molecular weight is 174 g/mol. The van der Waals surface area contributed by atoms with Gasteiger partial charge in [-0.25, -0.2) is 0 Å². The van der Waals surface area contributed by atoms with Crippen LogP contribution in [0.15, 0.2) is 0 Å². The van der Waals surface area contributed by atoms with E-state index in [1.807, 2.05) is 4.90 Å².